The number of hydrogen-bond donors (Lipinski definition) is 0. The first-order valence-electron chi connectivity index (χ1n) is 20.6. The van der Waals surface area contributed by atoms with Gasteiger partial charge < -0.3 is 0 Å². The van der Waals surface area contributed by atoms with Crippen LogP contribution in [-0.2, 0) is 0 Å². The van der Waals surface area contributed by atoms with Crippen LogP contribution in [0.3, 0.4) is 0 Å². The van der Waals surface area contributed by atoms with Crippen molar-refractivity contribution in [3.8, 4) is 44.5 Å². The lowest BCUT2D eigenvalue weighted by Crippen LogP contribution is -1.91. The topological polar surface area (TPSA) is 0 Å². The number of benzene rings is 11. The lowest BCUT2D eigenvalue weighted by molar-refractivity contribution is 1.66. The molecule has 0 radical (unpaired) electrons. The molecule has 0 saturated heterocycles. The highest BCUT2D eigenvalue weighted by Crippen LogP contribution is 2.50. The Balaban J connectivity index is 1.05. The third-order valence-corrected chi connectivity index (χ3v) is 15.0. The van der Waals surface area contributed by atoms with Crippen LogP contribution < -0.4 is 0 Å². The fourth-order valence-electron chi connectivity index (χ4n) is 10.1. The van der Waals surface area contributed by atoms with Gasteiger partial charge in [-0.2, -0.15) is 0 Å². The minimum absolute atomic E-state index is 1.24. The third-order valence-electron chi connectivity index (χ3n) is 12.6. The Labute approximate surface area is 354 Å². The summed E-state index contributed by atoms with van der Waals surface area (Å²) >= 11 is 3.79. The van der Waals surface area contributed by atoms with E-state index in [0.717, 1.165) is 0 Å². The predicted molar refractivity (Wildman–Crippen MR) is 264 cm³/mol. The lowest BCUT2D eigenvalue weighted by atomic mass is 9.85. The van der Waals surface area contributed by atoms with E-state index in [2.05, 4.69) is 206 Å². The van der Waals surface area contributed by atoms with Crippen LogP contribution in [0.4, 0.5) is 0 Å². The van der Waals surface area contributed by atoms with Gasteiger partial charge in [0.25, 0.3) is 0 Å². The monoisotopic (exact) mass is 794 g/mol. The lowest BCUT2D eigenvalue weighted by Gasteiger charge is -2.18. The van der Waals surface area contributed by atoms with Gasteiger partial charge in [-0.05, 0) is 112 Å². The van der Waals surface area contributed by atoms with Crippen molar-refractivity contribution in [2.24, 2.45) is 0 Å². The van der Waals surface area contributed by atoms with Crippen molar-refractivity contribution in [1.29, 1.82) is 0 Å². The first kappa shape index (κ1) is 33.8. The molecule has 2 heteroatoms. The van der Waals surface area contributed by atoms with E-state index in [9.17, 15) is 0 Å². The van der Waals surface area contributed by atoms with Crippen LogP contribution in [0.5, 0.6) is 0 Å². The average molecular weight is 795 g/mol. The number of thiophene rings is 2. The maximum absolute atomic E-state index is 2.46. The van der Waals surface area contributed by atoms with Crippen LogP contribution >= 0.6 is 22.7 Å². The van der Waals surface area contributed by atoms with Crippen molar-refractivity contribution in [2.75, 3.05) is 0 Å². The molecular formula is C58H34S2. The largest absolute Gasteiger partial charge is 0.135 e. The second-order valence-corrected chi connectivity index (χ2v) is 18.0. The van der Waals surface area contributed by atoms with E-state index in [1.165, 1.54) is 128 Å². The Morgan fingerprint density at radius 1 is 0.217 bits per heavy atom. The van der Waals surface area contributed by atoms with Gasteiger partial charge in [0.2, 0.25) is 0 Å². The molecule has 0 aliphatic carbocycles. The SMILES string of the molecule is c1ccc(-c2c3ccccc3c(-c3ccc4sc5c(-c6c7ccccc7c(-c7ccc8sc9ccccc9c8c7)c7ccccc67)cccc5c4c3)c3ccccc23)cc1. The summed E-state index contributed by atoms with van der Waals surface area (Å²) < 4.78 is 5.29. The summed E-state index contributed by atoms with van der Waals surface area (Å²) in [6, 6.07) is 76.9. The van der Waals surface area contributed by atoms with Gasteiger partial charge in [-0.1, -0.05) is 176 Å². The van der Waals surface area contributed by atoms with Crippen molar-refractivity contribution in [2.45, 2.75) is 0 Å². The molecule has 0 atom stereocenters. The molecule has 0 aliphatic heterocycles. The summed E-state index contributed by atoms with van der Waals surface area (Å²) in [7, 11) is 0. The van der Waals surface area contributed by atoms with Crippen molar-refractivity contribution in [1.82, 2.24) is 0 Å². The van der Waals surface area contributed by atoms with Gasteiger partial charge in [0.05, 0.1) is 0 Å². The molecule has 2 aromatic heterocycles. The fraction of sp³-hybridized carbons (Fsp3) is 0. The highest BCUT2D eigenvalue weighted by atomic mass is 32.1. The van der Waals surface area contributed by atoms with Crippen molar-refractivity contribution in [3.63, 3.8) is 0 Å². The minimum Gasteiger partial charge on any atom is -0.135 e. The smallest absolute Gasteiger partial charge is 0.0434 e. The van der Waals surface area contributed by atoms with Crippen LogP contribution in [0.1, 0.15) is 0 Å². The summed E-state index contributed by atoms with van der Waals surface area (Å²) in [5.41, 5.74) is 10.2. The molecule has 278 valence electrons. The Kier molecular flexibility index (Phi) is 7.45. The highest BCUT2D eigenvalue weighted by molar-refractivity contribution is 7.26. The summed E-state index contributed by atoms with van der Waals surface area (Å²) in [6.45, 7) is 0. The van der Waals surface area contributed by atoms with Crippen LogP contribution in [0.25, 0.3) is 128 Å². The second-order valence-electron chi connectivity index (χ2n) is 15.9. The maximum Gasteiger partial charge on any atom is 0.0434 e. The van der Waals surface area contributed by atoms with Gasteiger partial charge in [0.15, 0.2) is 0 Å². The average Bonchev–Trinajstić information content (AvgIpc) is 3.88. The quantitative estimate of drug-likeness (QED) is 0.156. The second kappa shape index (κ2) is 13.2. The van der Waals surface area contributed by atoms with Gasteiger partial charge in [-0.15, -0.1) is 22.7 Å². The molecule has 0 N–H and O–H groups in total. The summed E-state index contributed by atoms with van der Waals surface area (Å²) in [5.74, 6) is 0. The Morgan fingerprint density at radius 3 is 1.13 bits per heavy atom. The molecule has 0 bridgehead atoms. The van der Waals surface area contributed by atoms with Crippen LogP contribution in [0, 0.1) is 0 Å². The molecule has 0 unspecified atom stereocenters. The van der Waals surface area contributed by atoms with Gasteiger partial charge in [-0.3, -0.25) is 0 Å². The van der Waals surface area contributed by atoms with E-state index < -0.39 is 0 Å². The van der Waals surface area contributed by atoms with E-state index in [1.54, 1.807) is 0 Å². The molecule has 13 aromatic rings. The molecule has 0 aliphatic rings. The van der Waals surface area contributed by atoms with Crippen LogP contribution in [0.15, 0.2) is 206 Å². The van der Waals surface area contributed by atoms with Gasteiger partial charge in [0.1, 0.15) is 0 Å². The maximum atomic E-state index is 2.46. The van der Waals surface area contributed by atoms with Gasteiger partial charge in [0, 0.05) is 45.9 Å². The zero-order chi connectivity index (χ0) is 39.3. The van der Waals surface area contributed by atoms with Gasteiger partial charge in [-0.25, -0.2) is 0 Å². The first-order valence-corrected chi connectivity index (χ1v) is 22.2. The zero-order valence-electron chi connectivity index (χ0n) is 32.4. The van der Waals surface area contributed by atoms with Gasteiger partial charge >= 0.3 is 0 Å². The molecular weight excluding hydrogens is 761 g/mol. The summed E-state index contributed by atoms with van der Waals surface area (Å²) in [6.07, 6.45) is 0. The Hall–Kier alpha value is -7.10. The zero-order valence-corrected chi connectivity index (χ0v) is 34.1. The molecule has 0 saturated carbocycles. The minimum atomic E-state index is 1.24. The fourth-order valence-corrected chi connectivity index (χ4v) is 12.4. The normalized spacial score (nSPS) is 12.0. The van der Waals surface area contributed by atoms with Crippen molar-refractivity contribution >= 4 is 106 Å². The molecule has 60 heavy (non-hydrogen) atoms. The van der Waals surface area contributed by atoms with E-state index >= 15 is 0 Å². The third kappa shape index (κ3) is 4.96. The highest BCUT2D eigenvalue weighted by Gasteiger charge is 2.21. The van der Waals surface area contributed by atoms with E-state index in [-0.39, 0.29) is 0 Å². The molecule has 0 nitrogen and oxygen atoms in total. The number of hydrogen-bond acceptors (Lipinski definition) is 2. The van der Waals surface area contributed by atoms with E-state index in [1.807, 2.05) is 22.7 Å². The Bertz CT molecular complexity index is 3770. The van der Waals surface area contributed by atoms with Crippen LogP contribution in [0.2, 0.25) is 0 Å². The predicted octanol–water partition coefficient (Wildman–Crippen LogP) is 17.7. The first-order chi connectivity index (χ1) is 29.8. The molecule has 0 amide bonds. The van der Waals surface area contributed by atoms with E-state index in [4.69, 9.17) is 0 Å². The summed E-state index contributed by atoms with van der Waals surface area (Å²) in [5, 5.41) is 15.5. The molecule has 0 fully saturated rings. The summed E-state index contributed by atoms with van der Waals surface area (Å²) in [4.78, 5) is 0. The molecule has 11 aromatic carbocycles. The van der Waals surface area contributed by atoms with E-state index in [0.29, 0.717) is 0 Å². The molecule has 13 rings (SSSR count). The number of fused-ring (bicyclic) bond motifs is 10. The van der Waals surface area contributed by atoms with Crippen molar-refractivity contribution < 1.29 is 0 Å². The standard InChI is InChI=1S/C58H34S2/c1-2-15-35(16-3-1)54-39-18-4-6-20-41(39)55(42-21-7-5-19-40(42)54)37-30-32-53-50(34-37)47-26-14-27-48(58(47)60-53)57-45-24-10-8-22-43(45)56(44-23-9-11-25-46(44)57)36-29-31-52-49(33-36)38-17-12-13-28-51(38)59-52/h1-34H. The molecule has 0 spiro atoms. The van der Waals surface area contributed by atoms with Crippen molar-refractivity contribution in [3.05, 3.63) is 206 Å². The molecule has 2 heterocycles. The Morgan fingerprint density at radius 2 is 0.600 bits per heavy atom. The van der Waals surface area contributed by atoms with Crippen LogP contribution in [-0.4, -0.2) is 0 Å². The number of rotatable bonds is 4.